The van der Waals surface area contributed by atoms with Crippen LogP contribution in [0.2, 0.25) is 0 Å². The Kier molecular flexibility index (Phi) is 3.75. The average molecular weight is 200 g/mol. The molecule has 1 aliphatic carbocycles. The topological polar surface area (TPSA) is 43.8 Å². The van der Waals surface area contributed by atoms with E-state index in [-0.39, 0.29) is 6.04 Å². The number of amides is 1. The first-order valence-corrected chi connectivity index (χ1v) is 5.14. The van der Waals surface area contributed by atoms with Crippen molar-refractivity contribution >= 4 is 6.09 Å². The normalized spacial score (nSPS) is 27.7. The van der Waals surface area contributed by atoms with Crippen molar-refractivity contribution in [2.24, 2.45) is 0 Å². The van der Waals surface area contributed by atoms with Crippen LogP contribution in [-0.4, -0.2) is 54.2 Å². The van der Waals surface area contributed by atoms with Gasteiger partial charge in [-0.2, -0.15) is 0 Å². The highest BCUT2D eigenvalue weighted by molar-refractivity contribution is 5.64. The number of hydrogen-bond donors (Lipinski definition) is 1. The third kappa shape index (κ3) is 2.61. The Balaban J connectivity index is 2.39. The molecule has 0 saturated heterocycles. The van der Waals surface area contributed by atoms with Gasteiger partial charge in [0.15, 0.2) is 0 Å². The van der Waals surface area contributed by atoms with Crippen LogP contribution < -0.4 is 0 Å². The molecule has 4 nitrogen and oxygen atoms in total. The Morgan fingerprint density at radius 1 is 1.07 bits per heavy atom. The molecule has 0 aromatic heterocycles. The van der Waals surface area contributed by atoms with Gasteiger partial charge in [0, 0.05) is 19.1 Å². The van der Waals surface area contributed by atoms with E-state index in [1.165, 1.54) is 4.90 Å². The summed E-state index contributed by atoms with van der Waals surface area (Å²) in [6, 6.07) is 0.858. The Labute approximate surface area is 85.5 Å². The first kappa shape index (κ1) is 11.3. The predicted molar refractivity (Wildman–Crippen MR) is 55.5 cm³/mol. The monoisotopic (exact) mass is 200 g/mol. The fraction of sp³-hybridized carbons (Fsp3) is 0.900. The van der Waals surface area contributed by atoms with Crippen LogP contribution in [0.3, 0.4) is 0 Å². The average Bonchev–Trinajstić information content (AvgIpc) is 2.16. The highest BCUT2D eigenvalue weighted by atomic mass is 16.4. The molecule has 14 heavy (non-hydrogen) atoms. The summed E-state index contributed by atoms with van der Waals surface area (Å²) in [7, 11) is 5.85. The summed E-state index contributed by atoms with van der Waals surface area (Å²) >= 11 is 0. The Bertz CT molecular complexity index is 198. The quantitative estimate of drug-likeness (QED) is 0.734. The molecule has 1 saturated carbocycles. The van der Waals surface area contributed by atoms with Gasteiger partial charge in [-0.1, -0.05) is 0 Å². The summed E-state index contributed by atoms with van der Waals surface area (Å²) < 4.78 is 0. The minimum absolute atomic E-state index is 0.226. The SMILES string of the molecule is CN(C)[C@H]1CC[C@H](N(C)C(=O)O)CC1. The Hall–Kier alpha value is -0.770. The van der Waals surface area contributed by atoms with E-state index in [4.69, 9.17) is 5.11 Å². The van der Waals surface area contributed by atoms with E-state index in [0.29, 0.717) is 6.04 Å². The summed E-state index contributed by atoms with van der Waals surface area (Å²) in [6.07, 6.45) is 3.39. The minimum Gasteiger partial charge on any atom is -0.465 e. The molecule has 0 aromatic rings. The predicted octanol–water partition coefficient (Wildman–Crippen LogP) is 1.47. The van der Waals surface area contributed by atoms with Crippen molar-refractivity contribution in [2.75, 3.05) is 21.1 Å². The number of rotatable bonds is 2. The van der Waals surface area contributed by atoms with Crippen LogP contribution in [0.5, 0.6) is 0 Å². The smallest absolute Gasteiger partial charge is 0.407 e. The maximum Gasteiger partial charge on any atom is 0.407 e. The highest BCUT2D eigenvalue weighted by Gasteiger charge is 2.26. The van der Waals surface area contributed by atoms with Crippen LogP contribution in [0.1, 0.15) is 25.7 Å². The third-order valence-electron chi connectivity index (χ3n) is 3.25. The van der Waals surface area contributed by atoms with Crippen molar-refractivity contribution in [1.82, 2.24) is 9.80 Å². The standard InChI is InChI=1S/C10H20N2O2/c1-11(2)8-4-6-9(7-5-8)12(3)10(13)14/h8-9H,4-7H2,1-3H3,(H,13,14)/t8-,9-. The Morgan fingerprint density at radius 3 is 1.86 bits per heavy atom. The van der Waals surface area contributed by atoms with Gasteiger partial charge in [-0.3, -0.25) is 0 Å². The van der Waals surface area contributed by atoms with Gasteiger partial charge in [0.1, 0.15) is 0 Å². The van der Waals surface area contributed by atoms with Crippen LogP contribution in [0.25, 0.3) is 0 Å². The molecule has 1 rings (SSSR count). The number of hydrogen-bond acceptors (Lipinski definition) is 2. The van der Waals surface area contributed by atoms with Crippen molar-refractivity contribution in [2.45, 2.75) is 37.8 Å². The highest BCUT2D eigenvalue weighted by Crippen LogP contribution is 2.24. The largest absolute Gasteiger partial charge is 0.465 e. The van der Waals surface area contributed by atoms with Gasteiger partial charge < -0.3 is 14.9 Å². The molecule has 4 heteroatoms. The second-order valence-corrected chi connectivity index (χ2v) is 4.32. The van der Waals surface area contributed by atoms with E-state index in [1.807, 2.05) is 0 Å². The molecule has 0 radical (unpaired) electrons. The molecule has 0 spiro atoms. The van der Waals surface area contributed by atoms with E-state index < -0.39 is 6.09 Å². The maximum atomic E-state index is 10.7. The first-order chi connectivity index (χ1) is 6.52. The first-order valence-electron chi connectivity index (χ1n) is 5.14. The second-order valence-electron chi connectivity index (χ2n) is 4.32. The van der Waals surface area contributed by atoms with E-state index >= 15 is 0 Å². The molecule has 1 amide bonds. The zero-order chi connectivity index (χ0) is 10.7. The molecule has 0 aliphatic heterocycles. The molecule has 0 unspecified atom stereocenters. The summed E-state index contributed by atoms with van der Waals surface area (Å²) in [5, 5.41) is 8.82. The van der Waals surface area contributed by atoms with Gasteiger partial charge in [-0.05, 0) is 39.8 Å². The van der Waals surface area contributed by atoms with Crippen molar-refractivity contribution < 1.29 is 9.90 Å². The lowest BCUT2D eigenvalue weighted by Gasteiger charge is -2.35. The molecular weight excluding hydrogens is 180 g/mol. The van der Waals surface area contributed by atoms with Crippen LogP contribution >= 0.6 is 0 Å². The van der Waals surface area contributed by atoms with E-state index in [0.717, 1.165) is 25.7 Å². The fourth-order valence-electron chi connectivity index (χ4n) is 2.12. The van der Waals surface area contributed by atoms with Crippen molar-refractivity contribution in [3.8, 4) is 0 Å². The summed E-state index contributed by atoms with van der Waals surface area (Å²) in [5.41, 5.74) is 0. The lowest BCUT2D eigenvalue weighted by atomic mass is 9.90. The lowest BCUT2D eigenvalue weighted by molar-refractivity contribution is 0.110. The van der Waals surface area contributed by atoms with Crippen molar-refractivity contribution in [1.29, 1.82) is 0 Å². The van der Waals surface area contributed by atoms with Crippen molar-refractivity contribution in [3.05, 3.63) is 0 Å². The summed E-state index contributed by atoms with van der Waals surface area (Å²) in [6.45, 7) is 0. The van der Waals surface area contributed by atoms with Gasteiger partial charge in [0.05, 0.1) is 0 Å². The molecule has 0 bridgehead atoms. The van der Waals surface area contributed by atoms with E-state index in [2.05, 4.69) is 19.0 Å². The molecule has 0 heterocycles. The van der Waals surface area contributed by atoms with Gasteiger partial charge in [0.25, 0.3) is 0 Å². The fourth-order valence-corrected chi connectivity index (χ4v) is 2.12. The van der Waals surface area contributed by atoms with Gasteiger partial charge in [-0.25, -0.2) is 4.79 Å². The van der Waals surface area contributed by atoms with Crippen molar-refractivity contribution in [3.63, 3.8) is 0 Å². The molecule has 1 aliphatic rings. The number of nitrogens with zero attached hydrogens (tertiary/aromatic N) is 2. The minimum atomic E-state index is -0.807. The third-order valence-corrected chi connectivity index (χ3v) is 3.25. The molecule has 1 fully saturated rings. The van der Waals surface area contributed by atoms with Crippen LogP contribution in [0.15, 0.2) is 0 Å². The molecule has 0 aromatic carbocycles. The molecule has 82 valence electrons. The molecular formula is C10H20N2O2. The zero-order valence-electron chi connectivity index (χ0n) is 9.23. The van der Waals surface area contributed by atoms with E-state index in [9.17, 15) is 4.79 Å². The van der Waals surface area contributed by atoms with Gasteiger partial charge in [-0.15, -0.1) is 0 Å². The Morgan fingerprint density at radius 2 is 1.50 bits per heavy atom. The molecule has 1 N–H and O–H groups in total. The lowest BCUT2D eigenvalue weighted by Crippen LogP contribution is -2.42. The number of carbonyl (C=O) groups is 1. The van der Waals surface area contributed by atoms with Crippen LogP contribution in [0, 0.1) is 0 Å². The summed E-state index contributed by atoms with van der Waals surface area (Å²) in [5.74, 6) is 0. The summed E-state index contributed by atoms with van der Waals surface area (Å²) in [4.78, 5) is 14.4. The van der Waals surface area contributed by atoms with Crippen LogP contribution in [0.4, 0.5) is 4.79 Å². The van der Waals surface area contributed by atoms with Crippen LogP contribution in [-0.2, 0) is 0 Å². The second kappa shape index (κ2) is 4.64. The van der Waals surface area contributed by atoms with Gasteiger partial charge in [0.2, 0.25) is 0 Å². The molecule has 0 atom stereocenters. The maximum absolute atomic E-state index is 10.7. The number of carboxylic acid groups (broad SMARTS) is 1. The van der Waals surface area contributed by atoms with Gasteiger partial charge >= 0.3 is 6.09 Å². The van der Waals surface area contributed by atoms with E-state index in [1.54, 1.807) is 7.05 Å². The zero-order valence-corrected chi connectivity index (χ0v) is 9.23.